The van der Waals surface area contributed by atoms with Gasteiger partial charge in [0.05, 0.1) is 4.90 Å². The maximum absolute atomic E-state index is 12.8. The number of rotatable bonds is 5. The summed E-state index contributed by atoms with van der Waals surface area (Å²) in [7, 11) is -3.53. The molecule has 0 unspecified atom stereocenters. The van der Waals surface area contributed by atoms with E-state index in [9.17, 15) is 18.0 Å². The summed E-state index contributed by atoms with van der Waals surface area (Å²) in [5.74, 6) is 2.01. The zero-order valence-electron chi connectivity index (χ0n) is 16.8. The largest absolute Gasteiger partial charge is 0.332 e. The minimum Gasteiger partial charge on any atom is -0.332 e. The standard InChI is InChI=1S/C19H23N5O4S2/c1-3-23-17-15(18(25)24(4-2)19(23)26)20-16(21-17)13-5-7-14(8-6-13)30(27,28)22-9-11-29-12-10-22/h5-8H,3-4,9-12H2,1-2H3,(H,20,21). The van der Waals surface area contributed by atoms with Gasteiger partial charge in [-0.15, -0.1) is 0 Å². The van der Waals surface area contributed by atoms with Gasteiger partial charge >= 0.3 is 5.69 Å². The molecule has 1 fully saturated rings. The van der Waals surface area contributed by atoms with Crippen LogP contribution in [0.1, 0.15) is 13.8 Å². The van der Waals surface area contributed by atoms with Gasteiger partial charge in [0.25, 0.3) is 5.56 Å². The molecule has 1 aliphatic heterocycles. The number of nitrogens with one attached hydrogen (secondary N) is 1. The van der Waals surface area contributed by atoms with Gasteiger partial charge in [-0.1, -0.05) is 0 Å². The lowest BCUT2D eigenvalue weighted by atomic mass is 10.2. The van der Waals surface area contributed by atoms with Crippen molar-refractivity contribution in [1.29, 1.82) is 0 Å². The summed E-state index contributed by atoms with van der Waals surface area (Å²) in [5, 5.41) is 0. The van der Waals surface area contributed by atoms with Crippen LogP contribution in [0.4, 0.5) is 0 Å². The number of benzene rings is 1. The van der Waals surface area contributed by atoms with Gasteiger partial charge in [0.15, 0.2) is 5.65 Å². The fourth-order valence-electron chi connectivity index (χ4n) is 3.59. The number of aromatic nitrogens is 4. The lowest BCUT2D eigenvalue weighted by molar-refractivity contribution is 0.443. The van der Waals surface area contributed by atoms with Crippen LogP contribution in [0.3, 0.4) is 0 Å². The second kappa shape index (κ2) is 8.05. The van der Waals surface area contributed by atoms with Crippen LogP contribution in [-0.2, 0) is 23.1 Å². The van der Waals surface area contributed by atoms with Gasteiger partial charge in [0.2, 0.25) is 10.0 Å². The summed E-state index contributed by atoms with van der Waals surface area (Å²) in [6.45, 7) is 5.23. The first-order chi connectivity index (χ1) is 14.4. The number of hydrogen-bond donors (Lipinski definition) is 1. The summed E-state index contributed by atoms with van der Waals surface area (Å²) in [6, 6.07) is 6.43. The molecule has 0 atom stereocenters. The van der Waals surface area contributed by atoms with Crippen molar-refractivity contribution in [1.82, 2.24) is 23.4 Å². The molecule has 3 heterocycles. The van der Waals surface area contributed by atoms with Crippen molar-refractivity contribution in [3.05, 3.63) is 45.1 Å². The monoisotopic (exact) mass is 449 g/mol. The second-order valence-corrected chi connectivity index (χ2v) is 10.1. The van der Waals surface area contributed by atoms with E-state index in [1.54, 1.807) is 43.0 Å². The van der Waals surface area contributed by atoms with Gasteiger partial charge < -0.3 is 4.98 Å². The number of thioether (sulfide) groups is 1. The Morgan fingerprint density at radius 2 is 1.67 bits per heavy atom. The molecule has 1 N–H and O–H groups in total. The zero-order chi connectivity index (χ0) is 21.5. The fraction of sp³-hybridized carbons (Fsp3) is 0.421. The smallest absolute Gasteiger partial charge is 0.332 e. The second-order valence-electron chi connectivity index (χ2n) is 6.90. The quantitative estimate of drug-likeness (QED) is 0.629. The third kappa shape index (κ3) is 3.40. The van der Waals surface area contributed by atoms with Crippen molar-refractivity contribution < 1.29 is 8.42 Å². The molecule has 0 bridgehead atoms. The lowest BCUT2D eigenvalue weighted by Crippen LogP contribution is -2.39. The fourth-order valence-corrected chi connectivity index (χ4v) is 6.16. The molecular weight excluding hydrogens is 426 g/mol. The van der Waals surface area contributed by atoms with E-state index in [0.717, 1.165) is 11.5 Å². The molecule has 0 spiro atoms. The minimum atomic E-state index is -3.53. The Balaban J connectivity index is 1.75. The van der Waals surface area contributed by atoms with E-state index in [4.69, 9.17) is 0 Å². The van der Waals surface area contributed by atoms with Crippen molar-refractivity contribution in [3.8, 4) is 11.4 Å². The van der Waals surface area contributed by atoms with E-state index in [0.29, 0.717) is 36.7 Å². The maximum atomic E-state index is 12.8. The Hall–Kier alpha value is -2.37. The number of aromatic amines is 1. The number of H-pyrrole nitrogens is 1. The molecule has 9 nitrogen and oxygen atoms in total. The maximum Gasteiger partial charge on any atom is 0.332 e. The van der Waals surface area contributed by atoms with Gasteiger partial charge in [-0.2, -0.15) is 16.1 Å². The van der Waals surface area contributed by atoms with E-state index in [2.05, 4.69) is 9.97 Å². The molecule has 4 rings (SSSR count). The van der Waals surface area contributed by atoms with Crippen LogP contribution >= 0.6 is 11.8 Å². The first kappa shape index (κ1) is 20.9. The minimum absolute atomic E-state index is 0.230. The molecule has 1 saturated heterocycles. The van der Waals surface area contributed by atoms with E-state index in [-0.39, 0.29) is 17.0 Å². The molecular formula is C19H23N5O4S2. The van der Waals surface area contributed by atoms with Gasteiger partial charge in [-0.05, 0) is 38.1 Å². The Labute approximate surface area is 177 Å². The van der Waals surface area contributed by atoms with Crippen LogP contribution < -0.4 is 11.2 Å². The lowest BCUT2D eigenvalue weighted by Gasteiger charge is -2.25. The molecule has 160 valence electrons. The van der Waals surface area contributed by atoms with Gasteiger partial charge in [0.1, 0.15) is 11.3 Å². The molecule has 0 radical (unpaired) electrons. The summed E-state index contributed by atoms with van der Waals surface area (Å²) >= 11 is 1.75. The number of imidazole rings is 1. The predicted octanol–water partition coefficient (Wildman–Crippen LogP) is 1.33. The zero-order valence-corrected chi connectivity index (χ0v) is 18.4. The van der Waals surface area contributed by atoms with E-state index in [1.165, 1.54) is 13.4 Å². The molecule has 30 heavy (non-hydrogen) atoms. The van der Waals surface area contributed by atoms with E-state index < -0.39 is 21.3 Å². The number of nitrogens with zero attached hydrogens (tertiary/aromatic N) is 4. The normalized spacial score (nSPS) is 15.7. The highest BCUT2D eigenvalue weighted by Crippen LogP contribution is 2.24. The Morgan fingerprint density at radius 3 is 2.27 bits per heavy atom. The van der Waals surface area contributed by atoms with E-state index >= 15 is 0 Å². The van der Waals surface area contributed by atoms with Crippen LogP contribution in [0.25, 0.3) is 22.6 Å². The molecule has 11 heteroatoms. The third-order valence-corrected chi connectivity index (χ3v) is 8.08. The first-order valence-corrected chi connectivity index (χ1v) is 12.4. The SMILES string of the molecule is CCn1c(=O)c2[nH]c(-c3ccc(S(=O)(=O)N4CCSCC4)cc3)nc2n(CC)c1=O. The van der Waals surface area contributed by atoms with Crippen LogP contribution in [0.5, 0.6) is 0 Å². The van der Waals surface area contributed by atoms with Crippen LogP contribution in [0, 0.1) is 0 Å². The molecule has 1 aromatic carbocycles. The Bertz CT molecular complexity index is 1300. The molecule has 0 aliphatic carbocycles. The van der Waals surface area contributed by atoms with Crippen molar-refractivity contribution in [2.24, 2.45) is 0 Å². The molecule has 1 aliphatic rings. The number of hydrogen-bond acceptors (Lipinski definition) is 6. The third-order valence-electron chi connectivity index (χ3n) is 5.23. The van der Waals surface area contributed by atoms with Crippen molar-refractivity contribution in [3.63, 3.8) is 0 Å². The van der Waals surface area contributed by atoms with Gasteiger partial charge in [-0.3, -0.25) is 13.9 Å². The number of fused-ring (bicyclic) bond motifs is 1. The summed E-state index contributed by atoms with van der Waals surface area (Å²) in [5.41, 5.74) is 0.391. The molecule has 0 amide bonds. The highest BCUT2D eigenvalue weighted by atomic mass is 32.2. The van der Waals surface area contributed by atoms with Crippen LogP contribution in [-0.4, -0.2) is 56.4 Å². The Morgan fingerprint density at radius 1 is 1.03 bits per heavy atom. The average Bonchev–Trinajstić information content (AvgIpc) is 3.21. The van der Waals surface area contributed by atoms with Crippen molar-refractivity contribution >= 4 is 32.9 Å². The highest BCUT2D eigenvalue weighted by molar-refractivity contribution is 7.99. The van der Waals surface area contributed by atoms with E-state index in [1.807, 2.05) is 6.92 Å². The molecule has 3 aromatic rings. The van der Waals surface area contributed by atoms with Crippen LogP contribution in [0.2, 0.25) is 0 Å². The van der Waals surface area contributed by atoms with Crippen LogP contribution in [0.15, 0.2) is 38.8 Å². The predicted molar refractivity (Wildman–Crippen MR) is 117 cm³/mol. The topological polar surface area (TPSA) is 110 Å². The molecule has 0 saturated carbocycles. The van der Waals surface area contributed by atoms with Crippen molar-refractivity contribution in [2.75, 3.05) is 24.6 Å². The summed E-state index contributed by atoms with van der Waals surface area (Å²) < 4.78 is 29.8. The number of sulfonamides is 1. The van der Waals surface area contributed by atoms with Gasteiger partial charge in [0, 0.05) is 43.2 Å². The first-order valence-electron chi connectivity index (χ1n) is 9.80. The number of aryl methyl sites for hydroxylation is 1. The summed E-state index contributed by atoms with van der Waals surface area (Å²) in [6.07, 6.45) is 0. The van der Waals surface area contributed by atoms with Crippen molar-refractivity contribution in [2.45, 2.75) is 31.8 Å². The van der Waals surface area contributed by atoms with Gasteiger partial charge in [-0.25, -0.2) is 18.2 Å². The average molecular weight is 450 g/mol. The Kier molecular flexibility index (Phi) is 5.60. The summed E-state index contributed by atoms with van der Waals surface area (Å²) in [4.78, 5) is 32.9. The highest BCUT2D eigenvalue weighted by Gasteiger charge is 2.26. The molecule has 2 aromatic heterocycles.